The molecule has 2 N–H and O–H groups in total. The number of aromatic amines is 1. The van der Waals surface area contributed by atoms with Crippen molar-refractivity contribution in [3.63, 3.8) is 0 Å². The molecule has 37 heavy (non-hydrogen) atoms. The maximum atomic E-state index is 13.7. The predicted molar refractivity (Wildman–Crippen MR) is 142 cm³/mol. The molecule has 3 heterocycles. The van der Waals surface area contributed by atoms with Crippen LogP contribution in [0.5, 0.6) is 0 Å². The molecule has 1 unspecified atom stereocenters. The first-order chi connectivity index (χ1) is 17.9. The first-order valence-corrected chi connectivity index (χ1v) is 12.5. The fourth-order valence-corrected chi connectivity index (χ4v) is 4.27. The lowest BCUT2D eigenvalue weighted by Crippen LogP contribution is -2.38. The maximum Gasteiger partial charge on any atom is 0.408 e. The van der Waals surface area contributed by atoms with Crippen LogP contribution < -0.4 is 10.2 Å². The Balaban J connectivity index is 0.00000156. The summed E-state index contributed by atoms with van der Waals surface area (Å²) in [6, 6.07) is 14.4. The molecule has 1 fully saturated rings. The quantitative estimate of drug-likeness (QED) is 0.314. The van der Waals surface area contributed by atoms with E-state index >= 15 is 0 Å². The van der Waals surface area contributed by atoms with Crippen molar-refractivity contribution in [3.8, 4) is 11.3 Å². The topological polar surface area (TPSA) is 66.1 Å². The van der Waals surface area contributed by atoms with E-state index in [-0.39, 0.29) is 6.42 Å². The number of aryl methyl sites for hydroxylation is 1. The van der Waals surface area contributed by atoms with Crippen LogP contribution in [0.2, 0.25) is 0 Å². The van der Waals surface area contributed by atoms with Gasteiger partial charge < -0.3 is 19.9 Å². The molecule has 0 amide bonds. The summed E-state index contributed by atoms with van der Waals surface area (Å²) in [5, 5.41) is 3.57. The average Bonchev–Trinajstić information content (AvgIpc) is 3.36. The minimum absolute atomic E-state index is 0.142. The normalized spacial score (nSPS) is 14.7. The van der Waals surface area contributed by atoms with E-state index in [1.807, 2.05) is 39.0 Å². The molecule has 1 aliphatic heterocycles. The van der Waals surface area contributed by atoms with E-state index in [4.69, 9.17) is 4.74 Å². The van der Waals surface area contributed by atoms with Crippen LogP contribution in [0.1, 0.15) is 25.0 Å². The van der Waals surface area contributed by atoms with Gasteiger partial charge in [-0.1, -0.05) is 55.8 Å². The molecule has 1 saturated heterocycles. The van der Waals surface area contributed by atoms with Gasteiger partial charge in [0.15, 0.2) is 0 Å². The molecular formula is C28H32F3N5O. The minimum Gasteiger partial charge on any atom is -0.378 e. The van der Waals surface area contributed by atoms with Crippen molar-refractivity contribution in [1.29, 1.82) is 0 Å². The van der Waals surface area contributed by atoms with Gasteiger partial charge in [0.05, 0.1) is 18.6 Å². The standard InChI is InChI=1S/C26H26F3N5O.C2H6/c1-17-2-4-18(5-3-17)14-23(26(27,28)29)32-20-8-6-19(7-9-20)22-15-21-24(33-22)30-16-31-25(21)34-10-12-35-13-11-34;1-2/h2-9,15-16,23,32H,10-14H2,1H3,(H,30,31,33);1-2H3. The Hall–Kier alpha value is -3.59. The number of fused-ring (bicyclic) bond motifs is 1. The molecule has 6 nitrogen and oxygen atoms in total. The molecule has 9 heteroatoms. The van der Waals surface area contributed by atoms with Crippen LogP contribution in [-0.2, 0) is 11.2 Å². The molecule has 0 saturated carbocycles. The molecule has 0 aliphatic carbocycles. The second kappa shape index (κ2) is 11.6. The lowest BCUT2D eigenvalue weighted by molar-refractivity contribution is -0.142. The number of aromatic nitrogens is 3. The highest BCUT2D eigenvalue weighted by Crippen LogP contribution is 2.31. The summed E-state index contributed by atoms with van der Waals surface area (Å²) in [5.41, 5.74) is 4.46. The Bertz CT molecular complexity index is 1280. The number of alkyl halides is 3. The van der Waals surface area contributed by atoms with Crippen LogP contribution in [0.3, 0.4) is 0 Å². The molecule has 0 radical (unpaired) electrons. The number of hydrogen-bond acceptors (Lipinski definition) is 5. The van der Waals surface area contributed by atoms with Crippen LogP contribution in [-0.4, -0.2) is 53.5 Å². The molecule has 1 atom stereocenters. The monoisotopic (exact) mass is 511 g/mol. The minimum atomic E-state index is -4.38. The summed E-state index contributed by atoms with van der Waals surface area (Å²) < 4.78 is 46.6. The van der Waals surface area contributed by atoms with Crippen LogP contribution >= 0.6 is 0 Å². The zero-order chi connectivity index (χ0) is 26.4. The van der Waals surface area contributed by atoms with Crippen LogP contribution in [0.15, 0.2) is 60.9 Å². The summed E-state index contributed by atoms with van der Waals surface area (Å²) in [4.78, 5) is 14.3. The van der Waals surface area contributed by atoms with Crippen molar-refractivity contribution in [1.82, 2.24) is 15.0 Å². The van der Waals surface area contributed by atoms with E-state index in [0.717, 1.165) is 41.1 Å². The van der Waals surface area contributed by atoms with Crippen molar-refractivity contribution >= 4 is 22.5 Å². The highest BCUT2D eigenvalue weighted by atomic mass is 19.4. The number of morpholine rings is 1. The lowest BCUT2D eigenvalue weighted by atomic mass is 10.0. The number of hydrogen-bond donors (Lipinski definition) is 2. The van der Waals surface area contributed by atoms with Gasteiger partial charge in [-0.3, -0.25) is 0 Å². The Labute approximate surface area is 214 Å². The van der Waals surface area contributed by atoms with Crippen molar-refractivity contribution in [3.05, 3.63) is 72.1 Å². The summed E-state index contributed by atoms with van der Waals surface area (Å²) in [7, 11) is 0. The van der Waals surface area contributed by atoms with Crippen molar-refractivity contribution < 1.29 is 17.9 Å². The van der Waals surface area contributed by atoms with E-state index in [2.05, 4.69) is 25.2 Å². The Kier molecular flexibility index (Phi) is 8.33. The number of nitrogens with zero attached hydrogens (tertiary/aromatic N) is 3. The van der Waals surface area contributed by atoms with Gasteiger partial charge in [0.25, 0.3) is 0 Å². The average molecular weight is 512 g/mol. The van der Waals surface area contributed by atoms with E-state index in [0.29, 0.717) is 30.1 Å². The second-order valence-electron chi connectivity index (χ2n) is 8.75. The van der Waals surface area contributed by atoms with Gasteiger partial charge in [0.1, 0.15) is 23.8 Å². The van der Waals surface area contributed by atoms with Crippen LogP contribution in [0.4, 0.5) is 24.7 Å². The summed E-state index contributed by atoms with van der Waals surface area (Å²) in [6.45, 7) is 8.74. The van der Waals surface area contributed by atoms with Crippen molar-refractivity contribution in [2.24, 2.45) is 0 Å². The molecule has 196 valence electrons. The highest BCUT2D eigenvalue weighted by molar-refractivity contribution is 5.92. The first-order valence-electron chi connectivity index (χ1n) is 12.5. The molecule has 1 aliphatic rings. The van der Waals surface area contributed by atoms with Crippen molar-refractivity contribution in [2.45, 2.75) is 39.4 Å². The van der Waals surface area contributed by atoms with E-state index in [1.165, 1.54) is 6.33 Å². The van der Waals surface area contributed by atoms with Gasteiger partial charge in [-0.2, -0.15) is 13.2 Å². The molecule has 0 spiro atoms. The second-order valence-corrected chi connectivity index (χ2v) is 8.75. The number of halogens is 3. The third-order valence-electron chi connectivity index (χ3n) is 6.21. The summed E-state index contributed by atoms with van der Waals surface area (Å²) >= 11 is 0. The first kappa shape index (κ1) is 26.5. The number of anilines is 2. The SMILES string of the molecule is CC.Cc1ccc(CC(Nc2ccc(-c3cc4c(N5CCOCC5)ncnc4[nH]3)cc2)C(F)(F)F)cc1. The number of benzene rings is 2. The molecule has 4 aromatic rings. The maximum absolute atomic E-state index is 13.7. The Morgan fingerprint density at radius 3 is 2.32 bits per heavy atom. The van der Waals surface area contributed by atoms with Gasteiger partial charge in [-0.05, 0) is 36.2 Å². The fraction of sp³-hybridized carbons (Fsp3) is 0.357. The molecular weight excluding hydrogens is 479 g/mol. The van der Waals surface area contributed by atoms with Gasteiger partial charge in [0.2, 0.25) is 0 Å². The van der Waals surface area contributed by atoms with Crippen molar-refractivity contribution in [2.75, 3.05) is 36.5 Å². The summed E-state index contributed by atoms with van der Waals surface area (Å²) in [5.74, 6) is 0.850. The van der Waals surface area contributed by atoms with Crippen LogP contribution in [0, 0.1) is 6.92 Å². The van der Waals surface area contributed by atoms with Gasteiger partial charge >= 0.3 is 6.18 Å². The number of rotatable bonds is 6. The van der Waals surface area contributed by atoms with Gasteiger partial charge in [0, 0.05) is 30.9 Å². The predicted octanol–water partition coefficient (Wildman–Crippen LogP) is 6.38. The number of ether oxygens (including phenoxy) is 1. The Morgan fingerprint density at radius 1 is 1.00 bits per heavy atom. The summed E-state index contributed by atoms with van der Waals surface area (Å²) in [6.07, 6.45) is -2.99. The lowest BCUT2D eigenvalue weighted by Gasteiger charge is -2.27. The third kappa shape index (κ3) is 6.40. The van der Waals surface area contributed by atoms with E-state index < -0.39 is 12.2 Å². The fourth-order valence-electron chi connectivity index (χ4n) is 4.27. The van der Waals surface area contributed by atoms with E-state index in [9.17, 15) is 13.2 Å². The molecule has 2 aromatic heterocycles. The Morgan fingerprint density at radius 2 is 1.68 bits per heavy atom. The van der Waals surface area contributed by atoms with E-state index in [1.54, 1.807) is 36.4 Å². The highest BCUT2D eigenvalue weighted by Gasteiger charge is 2.39. The third-order valence-corrected chi connectivity index (χ3v) is 6.21. The van der Waals surface area contributed by atoms with Gasteiger partial charge in [-0.15, -0.1) is 0 Å². The largest absolute Gasteiger partial charge is 0.408 e. The zero-order valence-electron chi connectivity index (χ0n) is 21.3. The smallest absolute Gasteiger partial charge is 0.378 e. The molecule has 2 aromatic carbocycles. The molecule has 5 rings (SSSR count). The number of H-pyrrole nitrogens is 1. The van der Waals surface area contributed by atoms with Crippen LogP contribution in [0.25, 0.3) is 22.3 Å². The molecule has 0 bridgehead atoms. The number of nitrogens with one attached hydrogen (secondary N) is 2. The zero-order valence-corrected chi connectivity index (χ0v) is 21.3. The van der Waals surface area contributed by atoms with Gasteiger partial charge in [-0.25, -0.2) is 9.97 Å².